The number of carbonyl (C=O) groups is 2. The average Bonchev–Trinajstić information content (AvgIpc) is 2.54. The van der Waals surface area contributed by atoms with Crippen LogP contribution in [0.25, 0.3) is 0 Å². The minimum atomic E-state index is -0.594. The van der Waals surface area contributed by atoms with Crippen molar-refractivity contribution in [2.75, 3.05) is 19.7 Å². The summed E-state index contributed by atoms with van der Waals surface area (Å²) in [6.07, 6.45) is -0.284. The van der Waals surface area contributed by atoms with Crippen molar-refractivity contribution in [3.05, 3.63) is 35.6 Å². The van der Waals surface area contributed by atoms with Crippen LogP contribution in [-0.2, 0) is 14.3 Å². The van der Waals surface area contributed by atoms with Crippen molar-refractivity contribution < 1.29 is 18.7 Å². The molecular weight excluding hydrogens is 311 g/mol. The second kappa shape index (κ2) is 7.30. The number of ether oxygens (including phenoxy) is 1. The van der Waals surface area contributed by atoms with E-state index in [1.54, 1.807) is 44.7 Å². The van der Waals surface area contributed by atoms with E-state index in [-0.39, 0.29) is 23.7 Å². The standard InChI is InChI=1S/C18H25FN2O3/c1-12(20-17(23)18(2,3)4)16(22)21-9-10-24-15(11-21)13-5-7-14(19)8-6-13/h5-8,12,15H,9-11H2,1-4H3,(H,20,23). The van der Waals surface area contributed by atoms with Gasteiger partial charge in [0.1, 0.15) is 18.0 Å². The van der Waals surface area contributed by atoms with E-state index in [2.05, 4.69) is 5.32 Å². The molecule has 2 amide bonds. The van der Waals surface area contributed by atoms with E-state index in [9.17, 15) is 14.0 Å². The molecular formula is C18H25FN2O3. The van der Waals surface area contributed by atoms with Gasteiger partial charge in [-0.2, -0.15) is 0 Å². The first-order chi connectivity index (χ1) is 11.2. The minimum Gasteiger partial charge on any atom is -0.370 e. The zero-order chi connectivity index (χ0) is 17.9. The van der Waals surface area contributed by atoms with Crippen LogP contribution in [0.4, 0.5) is 4.39 Å². The maximum absolute atomic E-state index is 13.0. The Balaban J connectivity index is 1.99. The van der Waals surface area contributed by atoms with Crippen LogP contribution >= 0.6 is 0 Å². The quantitative estimate of drug-likeness (QED) is 0.921. The van der Waals surface area contributed by atoms with Crippen LogP contribution in [0, 0.1) is 11.2 Å². The van der Waals surface area contributed by atoms with Gasteiger partial charge in [-0.1, -0.05) is 32.9 Å². The Labute approximate surface area is 142 Å². The maximum Gasteiger partial charge on any atom is 0.245 e. The molecule has 0 radical (unpaired) electrons. The van der Waals surface area contributed by atoms with Crippen LogP contribution in [0.15, 0.2) is 24.3 Å². The fourth-order valence-electron chi connectivity index (χ4n) is 2.48. The molecule has 5 nitrogen and oxygen atoms in total. The molecule has 0 bridgehead atoms. The second-order valence-corrected chi connectivity index (χ2v) is 7.14. The van der Waals surface area contributed by atoms with Crippen LogP contribution in [0.5, 0.6) is 0 Å². The van der Waals surface area contributed by atoms with Crippen LogP contribution in [-0.4, -0.2) is 42.5 Å². The normalized spacial score (nSPS) is 19.7. The molecule has 24 heavy (non-hydrogen) atoms. The first kappa shape index (κ1) is 18.4. The average molecular weight is 336 g/mol. The van der Waals surface area contributed by atoms with Gasteiger partial charge in [-0.05, 0) is 24.6 Å². The number of morpholine rings is 1. The second-order valence-electron chi connectivity index (χ2n) is 7.14. The van der Waals surface area contributed by atoms with Gasteiger partial charge in [0.25, 0.3) is 0 Å². The van der Waals surface area contributed by atoms with E-state index < -0.39 is 11.5 Å². The van der Waals surface area contributed by atoms with Crippen LogP contribution in [0.1, 0.15) is 39.4 Å². The lowest BCUT2D eigenvalue weighted by molar-refractivity contribution is -0.143. The van der Waals surface area contributed by atoms with Crippen molar-refractivity contribution in [2.45, 2.75) is 39.8 Å². The van der Waals surface area contributed by atoms with Gasteiger partial charge >= 0.3 is 0 Å². The van der Waals surface area contributed by atoms with Gasteiger partial charge in [0.05, 0.1) is 13.2 Å². The molecule has 1 aromatic carbocycles. The molecule has 0 aromatic heterocycles. The molecule has 1 aromatic rings. The van der Waals surface area contributed by atoms with Crippen molar-refractivity contribution in [1.82, 2.24) is 10.2 Å². The van der Waals surface area contributed by atoms with Gasteiger partial charge in [0.2, 0.25) is 11.8 Å². The number of nitrogens with one attached hydrogen (secondary N) is 1. The number of rotatable bonds is 3. The van der Waals surface area contributed by atoms with Crippen LogP contribution < -0.4 is 5.32 Å². The highest BCUT2D eigenvalue weighted by Gasteiger charge is 2.31. The molecule has 132 valence electrons. The molecule has 0 spiro atoms. The number of amides is 2. The van der Waals surface area contributed by atoms with Gasteiger partial charge in [0.15, 0.2) is 0 Å². The molecule has 6 heteroatoms. The van der Waals surface area contributed by atoms with Gasteiger partial charge in [0, 0.05) is 12.0 Å². The Morgan fingerprint density at radius 1 is 1.29 bits per heavy atom. The van der Waals surface area contributed by atoms with E-state index >= 15 is 0 Å². The van der Waals surface area contributed by atoms with Crippen LogP contribution in [0.3, 0.4) is 0 Å². The largest absolute Gasteiger partial charge is 0.370 e. The number of hydrogen-bond acceptors (Lipinski definition) is 3. The lowest BCUT2D eigenvalue weighted by Crippen LogP contribution is -2.52. The topological polar surface area (TPSA) is 58.6 Å². The van der Waals surface area contributed by atoms with Gasteiger partial charge < -0.3 is 15.0 Å². The molecule has 1 aliphatic heterocycles. The Hall–Kier alpha value is -1.95. The molecule has 1 heterocycles. The first-order valence-electron chi connectivity index (χ1n) is 8.15. The Morgan fingerprint density at radius 2 is 1.92 bits per heavy atom. The highest BCUT2D eigenvalue weighted by Crippen LogP contribution is 2.23. The lowest BCUT2D eigenvalue weighted by Gasteiger charge is -2.35. The maximum atomic E-state index is 13.0. The van der Waals surface area contributed by atoms with Crippen molar-refractivity contribution in [3.63, 3.8) is 0 Å². The third-order valence-corrected chi connectivity index (χ3v) is 4.02. The first-order valence-corrected chi connectivity index (χ1v) is 8.15. The SMILES string of the molecule is CC(NC(=O)C(C)(C)C)C(=O)N1CCOC(c2ccc(F)cc2)C1. The number of carbonyl (C=O) groups excluding carboxylic acids is 2. The van der Waals surface area contributed by atoms with Crippen LogP contribution in [0.2, 0.25) is 0 Å². The summed E-state index contributed by atoms with van der Waals surface area (Å²) < 4.78 is 18.7. The number of nitrogens with zero attached hydrogens (tertiary/aromatic N) is 1. The van der Waals surface area contributed by atoms with Gasteiger partial charge in [-0.15, -0.1) is 0 Å². The zero-order valence-corrected chi connectivity index (χ0v) is 14.6. The Kier molecular flexibility index (Phi) is 5.59. The summed E-state index contributed by atoms with van der Waals surface area (Å²) >= 11 is 0. The molecule has 1 N–H and O–H groups in total. The molecule has 2 unspecified atom stereocenters. The summed E-state index contributed by atoms with van der Waals surface area (Å²) in [5.41, 5.74) is 0.288. The monoisotopic (exact) mass is 336 g/mol. The van der Waals surface area contributed by atoms with Crippen molar-refractivity contribution in [1.29, 1.82) is 0 Å². The third kappa shape index (κ3) is 4.54. The van der Waals surface area contributed by atoms with Crippen molar-refractivity contribution in [2.24, 2.45) is 5.41 Å². The molecule has 0 aliphatic carbocycles. The van der Waals surface area contributed by atoms with E-state index in [0.717, 1.165) is 5.56 Å². The summed E-state index contributed by atoms with van der Waals surface area (Å²) in [6, 6.07) is 5.50. The summed E-state index contributed by atoms with van der Waals surface area (Å²) in [7, 11) is 0. The molecule has 2 atom stereocenters. The van der Waals surface area contributed by atoms with Gasteiger partial charge in [-0.25, -0.2) is 4.39 Å². The molecule has 1 saturated heterocycles. The predicted molar refractivity (Wildman–Crippen MR) is 88.7 cm³/mol. The molecule has 1 fully saturated rings. The highest BCUT2D eigenvalue weighted by molar-refractivity contribution is 5.89. The number of halogens is 1. The predicted octanol–water partition coefficient (Wildman–Crippen LogP) is 2.28. The minimum absolute atomic E-state index is 0.136. The zero-order valence-electron chi connectivity index (χ0n) is 14.6. The summed E-state index contributed by atoms with van der Waals surface area (Å²) in [5, 5.41) is 2.76. The number of hydrogen-bond donors (Lipinski definition) is 1. The highest BCUT2D eigenvalue weighted by atomic mass is 19.1. The molecule has 1 aliphatic rings. The lowest BCUT2D eigenvalue weighted by atomic mass is 9.95. The van der Waals surface area contributed by atoms with Crippen molar-refractivity contribution in [3.8, 4) is 0 Å². The van der Waals surface area contributed by atoms with Gasteiger partial charge in [-0.3, -0.25) is 9.59 Å². The fourth-order valence-corrected chi connectivity index (χ4v) is 2.48. The Bertz CT molecular complexity index is 595. The summed E-state index contributed by atoms with van der Waals surface area (Å²) in [5.74, 6) is -0.601. The van der Waals surface area contributed by atoms with Crippen molar-refractivity contribution >= 4 is 11.8 Å². The van der Waals surface area contributed by atoms with E-state index in [4.69, 9.17) is 4.74 Å². The van der Waals surface area contributed by atoms with E-state index in [1.807, 2.05) is 0 Å². The summed E-state index contributed by atoms with van der Waals surface area (Å²) in [6.45, 7) is 8.38. The number of benzene rings is 1. The fraction of sp³-hybridized carbons (Fsp3) is 0.556. The molecule has 0 saturated carbocycles. The third-order valence-electron chi connectivity index (χ3n) is 4.02. The molecule has 2 rings (SSSR count). The summed E-state index contributed by atoms with van der Waals surface area (Å²) in [4.78, 5) is 26.3. The van der Waals surface area contributed by atoms with E-state index in [1.165, 1.54) is 12.1 Å². The van der Waals surface area contributed by atoms with E-state index in [0.29, 0.717) is 19.7 Å². The smallest absolute Gasteiger partial charge is 0.245 e. The Morgan fingerprint density at radius 3 is 2.50 bits per heavy atom.